The maximum atomic E-state index is 5.35. The predicted molar refractivity (Wildman–Crippen MR) is 199 cm³/mol. The highest BCUT2D eigenvalue weighted by molar-refractivity contribution is 6.15. The topological polar surface area (TPSA) is 24.7 Å². The Hall–Kier alpha value is -5.86. The highest BCUT2D eigenvalue weighted by Crippen LogP contribution is 2.46. The van der Waals surface area contributed by atoms with Crippen molar-refractivity contribution >= 4 is 65.9 Å². The normalized spacial score (nSPS) is 12.4. The minimum Gasteiger partial charge on any atom is -0.252 e. The van der Waals surface area contributed by atoms with Gasteiger partial charge >= 0.3 is 0 Å². The molecule has 0 aromatic heterocycles. The molecular formula is C44H32N2. The molecule has 0 fully saturated rings. The van der Waals surface area contributed by atoms with Gasteiger partial charge in [-0.05, 0) is 92.3 Å². The zero-order valence-electron chi connectivity index (χ0n) is 25.9. The molecule has 8 rings (SSSR count). The van der Waals surface area contributed by atoms with Crippen LogP contribution in [0.2, 0.25) is 0 Å². The van der Waals surface area contributed by atoms with Gasteiger partial charge in [-0.3, -0.25) is 9.98 Å². The maximum Gasteiger partial charge on any atom is 0.0718 e. The largest absolute Gasteiger partial charge is 0.252 e. The molecule has 2 nitrogen and oxygen atoms in total. The van der Waals surface area contributed by atoms with Crippen molar-refractivity contribution in [3.8, 4) is 11.1 Å². The van der Waals surface area contributed by atoms with E-state index in [0.29, 0.717) is 0 Å². The predicted octanol–water partition coefficient (Wildman–Crippen LogP) is 12.2. The summed E-state index contributed by atoms with van der Waals surface area (Å²) in [6, 6.07) is 56.0. The van der Waals surface area contributed by atoms with Crippen molar-refractivity contribution in [3.63, 3.8) is 0 Å². The summed E-state index contributed by atoms with van der Waals surface area (Å²) in [6.07, 6.45) is 0. The lowest BCUT2D eigenvalue weighted by atomic mass is 9.91. The minimum atomic E-state index is 0.931. The van der Waals surface area contributed by atoms with Gasteiger partial charge in [0.15, 0.2) is 0 Å². The fourth-order valence-electron chi connectivity index (χ4n) is 6.55. The van der Waals surface area contributed by atoms with Gasteiger partial charge in [-0.25, -0.2) is 0 Å². The summed E-state index contributed by atoms with van der Waals surface area (Å²) in [5.41, 5.74) is 8.23. The van der Waals surface area contributed by atoms with Crippen LogP contribution in [-0.4, -0.2) is 11.4 Å². The summed E-state index contributed by atoms with van der Waals surface area (Å²) >= 11 is 0. The summed E-state index contributed by atoms with van der Waals surface area (Å²) in [4.78, 5) is 10.7. The molecule has 46 heavy (non-hydrogen) atoms. The number of benzene rings is 8. The van der Waals surface area contributed by atoms with Crippen LogP contribution in [0.15, 0.2) is 168 Å². The molecule has 0 radical (unpaired) electrons. The molecule has 0 aliphatic rings. The van der Waals surface area contributed by atoms with Gasteiger partial charge in [-0.1, -0.05) is 133 Å². The molecule has 0 N–H and O–H groups in total. The Balaban J connectivity index is 1.37. The first-order valence-corrected chi connectivity index (χ1v) is 15.8. The Morgan fingerprint density at radius 2 is 0.696 bits per heavy atom. The van der Waals surface area contributed by atoms with E-state index in [2.05, 4.69) is 172 Å². The second kappa shape index (κ2) is 11.6. The van der Waals surface area contributed by atoms with Gasteiger partial charge in [0, 0.05) is 22.6 Å². The second-order valence-corrected chi connectivity index (χ2v) is 11.9. The zero-order chi connectivity index (χ0) is 31.0. The smallest absolute Gasteiger partial charge is 0.0718 e. The lowest BCUT2D eigenvalue weighted by Gasteiger charge is -2.17. The molecule has 0 atom stereocenters. The van der Waals surface area contributed by atoms with E-state index in [1.807, 2.05) is 0 Å². The fraction of sp³-hybridized carbons (Fsp3) is 0.0455. The van der Waals surface area contributed by atoms with E-state index in [0.717, 1.165) is 55.8 Å². The Morgan fingerprint density at radius 3 is 1.13 bits per heavy atom. The van der Waals surface area contributed by atoms with E-state index in [9.17, 15) is 0 Å². The molecule has 0 saturated carbocycles. The summed E-state index contributed by atoms with van der Waals surface area (Å²) in [5, 5.41) is 9.54. The quantitative estimate of drug-likeness (QED) is 0.179. The summed E-state index contributed by atoms with van der Waals surface area (Å²) in [6.45, 7) is 4.21. The summed E-state index contributed by atoms with van der Waals surface area (Å²) < 4.78 is 0. The maximum absolute atomic E-state index is 5.35. The number of aliphatic imine (C=N–C) groups is 2. The van der Waals surface area contributed by atoms with Crippen molar-refractivity contribution in [2.24, 2.45) is 9.98 Å². The third kappa shape index (κ3) is 5.04. The van der Waals surface area contributed by atoms with E-state index in [-0.39, 0.29) is 0 Å². The van der Waals surface area contributed by atoms with E-state index < -0.39 is 0 Å². The van der Waals surface area contributed by atoms with Gasteiger partial charge in [0.1, 0.15) is 0 Å². The van der Waals surface area contributed by atoms with Crippen LogP contribution in [0.5, 0.6) is 0 Å². The lowest BCUT2D eigenvalue weighted by Crippen LogP contribution is -1.96. The first kappa shape index (κ1) is 27.7. The molecule has 0 aliphatic heterocycles. The van der Waals surface area contributed by atoms with Crippen molar-refractivity contribution < 1.29 is 0 Å². The molecule has 0 heterocycles. The number of fused-ring (bicyclic) bond motifs is 4. The third-order valence-electron chi connectivity index (χ3n) is 8.97. The van der Waals surface area contributed by atoms with Crippen molar-refractivity contribution in [2.75, 3.05) is 0 Å². The molecular weight excluding hydrogens is 556 g/mol. The van der Waals surface area contributed by atoms with Gasteiger partial charge in [-0.15, -0.1) is 0 Å². The monoisotopic (exact) mass is 588 g/mol. The highest BCUT2D eigenvalue weighted by Gasteiger charge is 2.18. The summed E-state index contributed by atoms with van der Waals surface area (Å²) in [5.74, 6) is 0. The number of hydrogen-bond donors (Lipinski definition) is 0. The van der Waals surface area contributed by atoms with Crippen molar-refractivity contribution in [1.29, 1.82) is 0 Å². The van der Waals surface area contributed by atoms with Gasteiger partial charge in [0.25, 0.3) is 0 Å². The SMILES string of the molecule is C/C(=N/c1ccc2ccccc2c1-c1c(/N=C(/C)c2ccc3ccccc3c2)ccc2ccccc12)c1ccc2ccccc2c1. The molecule has 0 saturated heterocycles. The second-order valence-electron chi connectivity index (χ2n) is 11.9. The van der Waals surface area contributed by atoms with Crippen LogP contribution >= 0.6 is 0 Å². The molecule has 0 amide bonds. The third-order valence-corrected chi connectivity index (χ3v) is 8.97. The van der Waals surface area contributed by atoms with Crippen LogP contribution in [0.25, 0.3) is 54.2 Å². The lowest BCUT2D eigenvalue weighted by molar-refractivity contribution is 1.47. The Bertz CT molecular complexity index is 2320. The average Bonchev–Trinajstić information content (AvgIpc) is 3.11. The Morgan fingerprint density at radius 1 is 0.348 bits per heavy atom. The van der Waals surface area contributed by atoms with Gasteiger partial charge in [-0.2, -0.15) is 0 Å². The molecule has 218 valence electrons. The molecule has 0 spiro atoms. The molecule has 0 unspecified atom stereocenters. The first-order chi connectivity index (χ1) is 22.6. The standard InChI is InChI=1S/C44H32N2/c1-29(35-21-19-31-11-3-5-15-37(31)27-35)45-41-25-23-33-13-7-9-17-39(33)43(41)44-40-18-10-8-14-34(40)24-26-42(44)46-30(2)36-22-20-32-12-4-6-16-38(32)28-36/h3-28H,1-2H3/b45-29-,46-30-. The average molecular weight is 589 g/mol. The van der Waals surface area contributed by atoms with Gasteiger partial charge < -0.3 is 0 Å². The van der Waals surface area contributed by atoms with Crippen molar-refractivity contribution in [2.45, 2.75) is 13.8 Å². The van der Waals surface area contributed by atoms with Crippen molar-refractivity contribution in [1.82, 2.24) is 0 Å². The molecule has 8 aromatic rings. The Kier molecular flexibility index (Phi) is 6.96. The molecule has 0 bridgehead atoms. The number of hydrogen-bond acceptors (Lipinski definition) is 2. The number of nitrogens with zero attached hydrogens (tertiary/aromatic N) is 2. The molecule has 8 aromatic carbocycles. The summed E-state index contributed by atoms with van der Waals surface area (Å²) in [7, 11) is 0. The van der Waals surface area contributed by atoms with Crippen LogP contribution in [0.1, 0.15) is 25.0 Å². The van der Waals surface area contributed by atoms with Crippen LogP contribution in [0.3, 0.4) is 0 Å². The number of rotatable bonds is 5. The fourth-order valence-corrected chi connectivity index (χ4v) is 6.55. The van der Waals surface area contributed by atoms with E-state index in [1.54, 1.807) is 0 Å². The molecule has 0 aliphatic carbocycles. The van der Waals surface area contributed by atoms with Crippen LogP contribution < -0.4 is 0 Å². The van der Waals surface area contributed by atoms with E-state index >= 15 is 0 Å². The van der Waals surface area contributed by atoms with E-state index in [4.69, 9.17) is 9.98 Å². The Labute approximate surface area is 269 Å². The first-order valence-electron chi connectivity index (χ1n) is 15.8. The van der Waals surface area contributed by atoms with Crippen molar-refractivity contribution in [3.05, 3.63) is 169 Å². The highest BCUT2D eigenvalue weighted by atomic mass is 14.8. The van der Waals surface area contributed by atoms with Crippen LogP contribution in [-0.2, 0) is 0 Å². The molecule has 2 heteroatoms. The minimum absolute atomic E-state index is 0.931. The van der Waals surface area contributed by atoms with Crippen LogP contribution in [0, 0.1) is 0 Å². The zero-order valence-corrected chi connectivity index (χ0v) is 25.9. The van der Waals surface area contributed by atoms with Crippen LogP contribution in [0.4, 0.5) is 11.4 Å². The van der Waals surface area contributed by atoms with E-state index in [1.165, 1.54) is 32.3 Å². The van der Waals surface area contributed by atoms with Gasteiger partial charge in [0.05, 0.1) is 11.4 Å². The van der Waals surface area contributed by atoms with Gasteiger partial charge in [0.2, 0.25) is 0 Å².